The van der Waals surface area contributed by atoms with Crippen LogP contribution in [0.15, 0.2) is 35.5 Å². The Morgan fingerprint density at radius 2 is 2.05 bits per heavy atom. The molecule has 0 aliphatic carbocycles. The molecule has 5 nitrogen and oxygen atoms in total. The predicted molar refractivity (Wildman–Crippen MR) is 74.8 cm³/mol. The first-order valence-corrected chi connectivity index (χ1v) is 6.41. The second-order valence-electron chi connectivity index (χ2n) is 4.73. The molecule has 0 fully saturated rings. The van der Waals surface area contributed by atoms with E-state index in [9.17, 15) is 4.79 Å². The summed E-state index contributed by atoms with van der Waals surface area (Å²) in [5.74, 6) is 0.744. The van der Waals surface area contributed by atoms with Crippen LogP contribution in [0.4, 0.5) is 0 Å². The van der Waals surface area contributed by atoms with E-state index in [4.69, 9.17) is 0 Å². The number of carbonyl (C=O) groups is 1. The minimum atomic E-state index is -0.306. The highest BCUT2D eigenvalue weighted by atomic mass is 16.2. The van der Waals surface area contributed by atoms with Crippen LogP contribution in [-0.2, 0) is 11.2 Å². The zero-order chi connectivity index (χ0) is 13.2. The van der Waals surface area contributed by atoms with E-state index in [0.717, 1.165) is 24.2 Å². The lowest BCUT2D eigenvalue weighted by atomic mass is 10.1. The molecule has 1 aromatic heterocycles. The van der Waals surface area contributed by atoms with Gasteiger partial charge in [-0.1, -0.05) is 18.2 Å². The van der Waals surface area contributed by atoms with Crippen molar-refractivity contribution in [3.8, 4) is 0 Å². The molecule has 19 heavy (non-hydrogen) atoms. The van der Waals surface area contributed by atoms with Crippen LogP contribution >= 0.6 is 0 Å². The fourth-order valence-corrected chi connectivity index (χ4v) is 2.28. The highest BCUT2D eigenvalue weighted by Crippen LogP contribution is 2.19. The molecule has 2 heterocycles. The summed E-state index contributed by atoms with van der Waals surface area (Å²) in [6, 6.07) is 7.93. The number of carbonyl (C=O) groups excluding carboxylic acids is 1. The van der Waals surface area contributed by atoms with Crippen LogP contribution in [0.2, 0.25) is 0 Å². The summed E-state index contributed by atoms with van der Waals surface area (Å²) in [5, 5.41) is 1.25. The van der Waals surface area contributed by atoms with Gasteiger partial charge in [0.2, 0.25) is 0 Å². The Bertz CT molecular complexity index is 644. The van der Waals surface area contributed by atoms with Gasteiger partial charge in [-0.15, -0.1) is 0 Å². The van der Waals surface area contributed by atoms with E-state index >= 15 is 0 Å². The lowest BCUT2D eigenvalue weighted by Gasteiger charge is -2.19. The molecule has 0 bridgehead atoms. The standard InChI is InChI=1S/C14H16N4O/c1-9-14(19)18-17-13(16-9)7-6-10-8-15-12-5-3-2-4-11(10)12/h2-5,8-9,15H,6-7H2,1H3,(H,16,17)(H,18,19)/t9-/m0/s1. The second-order valence-corrected chi connectivity index (χ2v) is 4.73. The second kappa shape index (κ2) is 4.76. The number of hydrogen-bond donors (Lipinski definition) is 3. The first-order chi connectivity index (χ1) is 9.24. The Kier molecular flexibility index (Phi) is 2.95. The van der Waals surface area contributed by atoms with Crippen molar-refractivity contribution in [1.82, 2.24) is 15.8 Å². The zero-order valence-electron chi connectivity index (χ0n) is 10.7. The normalized spacial score (nSPS) is 18.9. The van der Waals surface area contributed by atoms with Crippen molar-refractivity contribution in [1.29, 1.82) is 0 Å². The van der Waals surface area contributed by atoms with Gasteiger partial charge in [0.1, 0.15) is 11.9 Å². The van der Waals surface area contributed by atoms with Crippen molar-refractivity contribution in [2.75, 3.05) is 0 Å². The fourth-order valence-electron chi connectivity index (χ4n) is 2.28. The highest BCUT2D eigenvalue weighted by molar-refractivity contribution is 5.93. The average molecular weight is 256 g/mol. The number of benzene rings is 1. The highest BCUT2D eigenvalue weighted by Gasteiger charge is 2.17. The van der Waals surface area contributed by atoms with Gasteiger partial charge in [-0.05, 0) is 25.0 Å². The molecule has 0 spiro atoms. The lowest BCUT2D eigenvalue weighted by Crippen LogP contribution is -2.50. The van der Waals surface area contributed by atoms with Crippen molar-refractivity contribution in [2.45, 2.75) is 25.8 Å². The summed E-state index contributed by atoms with van der Waals surface area (Å²) >= 11 is 0. The Hall–Kier alpha value is -2.30. The number of amidine groups is 1. The molecule has 5 heteroatoms. The van der Waals surface area contributed by atoms with Crippen molar-refractivity contribution < 1.29 is 4.79 Å². The number of aromatic nitrogens is 1. The Morgan fingerprint density at radius 1 is 1.21 bits per heavy atom. The number of amides is 1. The number of hydrogen-bond acceptors (Lipinski definition) is 3. The maximum absolute atomic E-state index is 11.3. The number of nitrogens with zero attached hydrogens (tertiary/aromatic N) is 1. The maximum atomic E-state index is 11.3. The Labute approximate surface area is 111 Å². The molecule has 2 aromatic rings. The number of aryl methyl sites for hydroxylation is 1. The minimum absolute atomic E-state index is 0.0872. The van der Waals surface area contributed by atoms with E-state index in [-0.39, 0.29) is 11.9 Å². The lowest BCUT2D eigenvalue weighted by molar-refractivity contribution is -0.122. The van der Waals surface area contributed by atoms with Crippen LogP contribution < -0.4 is 10.9 Å². The van der Waals surface area contributed by atoms with Crippen LogP contribution in [0, 0.1) is 0 Å². The average Bonchev–Trinajstić information content (AvgIpc) is 2.83. The third kappa shape index (κ3) is 2.31. The van der Waals surface area contributed by atoms with Gasteiger partial charge in [-0.25, -0.2) is 0 Å². The SMILES string of the molecule is C[C@@H]1N=C(CCc2c[nH]c3ccccc23)NNC1=O. The van der Waals surface area contributed by atoms with Gasteiger partial charge in [-0.3, -0.25) is 20.6 Å². The van der Waals surface area contributed by atoms with Crippen LogP contribution in [0.3, 0.4) is 0 Å². The molecule has 1 aromatic carbocycles. The van der Waals surface area contributed by atoms with Gasteiger partial charge in [0, 0.05) is 23.5 Å². The molecular weight excluding hydrogens is 240 g/mol. The van der Waals surface area contributed by atoms with Crippen LogP contribution in [0.1, 0.15) is 18.9 Å². The maximum Gasteiger partial charge on any atom is 0.262 e. The van der Waals surface area contributed by atoms with E-state index < -0.39 is 0 Å². The number of hydrazine groups is 1. The van der Waals surface area contributed by atoms with Gasteiger partial charge in [0.15, 0.2) is 0 Å². The van der Waals surface area contributed by atoms with Crippen molar-refractivity contribution in [3.05, 3.63) is 36.0 Å². The molecule has 3 rings (SSSR count). The minimum Gasteiger partial charge on any atom is -0.361 e. The van der Waals surface area contributed by atoms with E-state index in [1.165, 1.54) is 10.9 Å². The molecule has 0 unspecified atom stereocenters. The molecule has 1 amide bonds. The van der Waals surface area contributed by atoms with Gasteiger partial charge in [0.25, 0.3) is 5.91 Å². The Balaban J connectivity index is 1.73. The first-order valence-electron chi connectivity index (χ1n) is 6.41. The van der Waals surface area contributed by atoms with Crippen LogP contribution in [0.25, 0.3) is 10.9 Å². The molecule has 1 aliphatic rings. The Morgan fingerprint density at radius 3 is 2.89 bits per heavy atom. The summed E-state index contributed by atoms with van der Waals surface area (Å²) in [6.45, 7) is 1.79. The topological polar surface area (TPSA) is 69.3 Å². The monoisotopic (exact) mass is 256 g/mol. The molecule has 0 saturated carbocycles. The van der Waals surface area contributed by atoms with Crippen molar-refractivity contribution in [3.63, 3.8) is 0 Å². The summed E-state index contributed by atoms with van der Waals surface area (Å²) in [5.41, 5.74) is 7.89. The van der Waals surface area contributed by atoms with Gasteiger partial charge in [0.05, 0.1) is 0 Å². The van der Waals surface area contributed by atoms with E-state index in [1.54, 1.807) is 6.92 Å². The summed E-state index contributed by atoms with van der Waals surface area (Å²) in [7, 11) is 0. The summed E-state index contributed by atoms with van der Waals surface area (Å²) < 4.78 is 0. The third-order valence-corrected chi connectivity index (χ3v) is 3.36. The molecule has 98 valence electrons. The molecule has 0 saturated heterocycles. The fraction of sp³-hybridized carbons (Fsp3) is 0.286. The predicted octanol–water partition coefficient (Wildman–Crippen LogP) is 1.52. The van der Waals surface area contributed by atoms with Gasteiger partial charge < -0.3 is 4.98 Å². The van der Waals surface area contributed by atoms with Crippen molar-refractivity contribution in [2.24, 2.45) is 4.99 Å². The van der Waals surface area contributed by atoms with Crippen LogP contribution in [-0.4, -0.2) is 22.8 Å². The smallest absolute Gasteiger partial charge is 0.262 e. The summed E-state index contributed by atoms with van der Waals surface area (Å²) in [4.78, 5) is 18.8. The number of fused-ring (bicyclic) bond motifs is 1. The van der Waals surface area contributed by atoms with Crippen LogP contribution in [0.5, 0.6) is 0 Å². The quantitative estimate of drug-likeness (QED) is 0.779. The molecule has 0 radical (unpaired) electrons. The number of nitrogens with one attached hydrogen (secondary N) is 3. The van der Waals surface area contributed by atoms with Gasteiger partial charge >= 0.3 is 0 Å². The van der Waals surface area contributed by atoms with Crippen molar-refractivity contribution >= 4 is 22.6 Å². The third-order valence-electron chi connectivity index (χ3n) is 3.36. The molecule has 1 atom stereocenters. The number of H-pyrrole nitrogens is 1. The number of aromatic amines is 1. The van der Waals surface area contributed by atoms with E-state index in [0.29, 0.717) is 0 Å². The molecular formula is C14H16N4O. The summed E-state index contributed by atoms with van der Waals surface area (Å²) in [6.07, 6.45) is 3.71. The zero-order valence-corrected chi connectivity index (χ0v) is 10.7. The van der Waals surface area contributed by atoms with Gasteiger partial charge in [-0.2, -0.15) is 0 Å². The molecule has 1 aliphatic heterocycles. The number of rotatable bonds is 3. The first kappa shape index (κ1) is 11.8. The number of aliphatic imine (C=N–C) groups is 1. The molecule has 3 N–H and O–H groups in total. The van der Waals surface area contributed by atoms with E-state index in [2.05, 4.69) is 33.0 Å². The van der Waals surface area contributed by atoms with E-state index in [1.807, 2.05) is 18.3 Å². The number of para-hydroxylation sites is 1. The largest absolute Gasteiger partial charge is 0.361 e.